The number of hydrogen-bond acceptors (Lipinski definition) is 7. The average molecular weight is 614 g/mol. The second kappa shape index (κ2) is 13.5. The summed E-state index contributed by atoms with van der Waals surface area (Å²) in [4.78, 5) is 29.4. The molecule has 1 aromatic heterocycles. The van der Waals surface area contributed by atoms with Crippen molar-refractivity contribution in [3.63, 3.8) is 0 Å². The molecule has 0 unspecified atom stereocenters. The number of pyridine rings is 1. The van der Waals surface area contributed by atoms with Crippen molar-refractivity contribution in [2.75, 3.05) is 17.7 Å². The summed E-state index contributed by atoms with van der Waals surface area (Å²) in [6.07, 6.45) is 3.17. The van der Waals surface area contributed by atoms with Gasteiger partial charge in [0.2, 0.25) is 9.84 Å². The van der Waals surface area contributed by atoms with E-state index < -0.39 is 27.9 Å². The number of amides is 2. The Bertz CT molecular complexity index is 1610. The molecule has 0 radical (unpaired) electrons. The van der Waals surface area contributed by atoms with Gasteiger partial charge in [-0.2, -0.15) is 0 Å². The standard InChI is InChI=1S/C29H26Cl2N4O5S/c1-40-28(36)26(15-19-11-13-20(14-12-19)33-16-22-23(30)17-32-18-24(22)31)35-29(37)34-25-9-5-6-10-27(25)41(38,39)21-7-3-2-4-8-21/h2-14,17-18,26,33H,15-16H2,1H3,(H2,34,35,37)/t26-/m0/s1. The summed E-state index contributed by atoms with van der Waals surface area (Å²) < 4.78 is 31.2. The fourth-order valence-corrected chi connectivity index (χ4v) is 5.91. The number of methoxy groups -OCH3 is 1. The molecule has 3 aromatic carbocycles. The zero-order valence-corrected chi connectivity index (χ0v) is 24.1. The third kappa shape index (κ3) is 7.55. The molecule has 0 spiro atoms. The zero-order chi connectivity index (χ0) is 29.4. The minimum Gasteiger partial charge on any atom is -0.467 e. The number of carbonyl (C=O) groups is 2. The second-order valence-electron chi connectivity index (χ2n) is 8.82. The molecule has 0 bridgehead atoms. The molecule has 4 aromatic rings. The molecule has 0 saturated carbocycles. The van der Waals surface area contributed by atoms with Gasteiger partial charge in [-0.15, -0.1) is 0 Å². The maximum absolute atomic E-state index is 13.2. The molecule has 0 aliphatic heterocycles. The third-order valence-electron chi connectivity index (χ3n) is 6.08. The number of aromatic nitrogens is 1. The lowest BCUT2D eigenvalue weighted by atomic mass is 10.1. The number of rotatable bonds is 10. The largest absolute Gasteiger partial charge is 0.467 e. The molecule has 0 saturated heterocycles. The second-order valence-corrected chi connectivity index (χ2v) is 11.6. The highest BCUT2D eigenvalue weighted by Gasteiger charge is 2.25. The molecule has 12 heteroatoms. The summed E-state index contributed by atoms with van der Waals surface area (Å²) in [6, 6.07) is 19.4. The topological polar surface area (TPSA) is 126 Å². The fraction of sp³-hybridized carbons (Fsp3) is 0.138. The van der Waals surface area contributed by atoms with Gasteiger partial charge in [-0.05, 0) is 42.0 Å². The van der Waals surface area contributed by atoms with Crippen molar-refractivity contribution in [1.82, 2.24) is 10.3 Å². The summed E-state index contributed by atoms with van der Waals surface area (Å²) in [6.45, 7) is 0.382. The Labute approximate surface area is 247 Å². The van der Waals surface area contributed by atoms with Gasteiger partial charge in [0.15, 0.2) is 0 Å². The number of hydrogen-bond donors (Lipinski definition) is 3. The number of esters is 1. The summed E-state index contributed by atoms with van der Waals surface area (Å²) in [7, 11) is -2.68. The van der Waals surface area contributed by atoms with E-state index in [-0.39, 0.29) is 21.9 Å². The van der Waals surface area contributed by atoms with Crippen molar-refractivity contribution in [3.05, 3.63) is 112 Å². The van der Waals surface area contributed by atoms with Gasteiger partial charge in [0, 0.05) is 36.6 Å². The number of ether oxygens (including phenoxy) is 1. The summed E-state index contributed by atoms with van der Waals surface area (Å²) in [5, 5.41) is 9.28. The Hall–Kier alpha value is -4.12. The highest BCUT2D eigenvalue weighted by Crippen LogP contribution is 2.28. The van der Waals surface area contributed by atoms with Crippen LogP contribution in [0.1, 0.15) is 11.1 Å². The van der Waals surface area contributed by atoms with E-state index in [1.54, 1.807) is 42.5 Å². The van der Waals surface area contributed by atoms with Gasteiger partial charge in [-0.25, -0.2) is 18.0 Å². The number of urea groups is 1. The third-order valence-corrected chi connectivity index (χ3v) is 8.56. The van der Waals surface area contributed by atoms with E-state index in [9.17, 15) is 18.0 Å². The van der Waals surface area contributed by atoms with Crippen molar-refractivity contribution in [2.24, 2.45) is 0 Å². The van der Waals surface area contributed by atoms with Gasteiger partial charge >= 0.3 is 12.0 Å². The first-order valence-electron chi connectivity index (χ1n) is 12.3. The van der Waals surface area contributed by atoms with E-state index in [0.29, 0.717) is 22.2 Å². The monoisotopic (exact) mass is 612 g/mol. The SMILES string of the molecule is COC(=O)[C@H](Cc1ccc(NCc2c(Cl)cncc2Cl)cc1)NC(=O)Nc1ccccc1S(=O)(=O)c1ccccc1. The maximum atomic E-state index is 13.2. The van der Waals surface area contributed by atoms with Crippen LogP contribution in [0.25, 0.3) is 0 Å². The predicted octanol–water partition coefficient (Wildman–Crippen LogP) is 5.74. The maximum Gasteiger partial charge on any atom is 0.328 e. The van der Waals surface area contributed by atoms with Crippen LogP contribution in [-0.2, 0) is 32.3 Å². The number of sulfone groups is 1. The molecule has 2 amide bonds. The zero-order valence-electron chi connectivity index (χ0n) is 21.8. The predicted molar refractivity (Wildman–Crippen MR) is 158 cm³/mol. The summed E-state index contributed by atoms with van der Waals surface area (Å²) in [5.41, 5.74) is 2.32. The van der Waals surface area contributed by atoms with Gasteiger partial charge in [-0.1, -0.05) is 65.7 Å². The summed E-state index contributed by atoms with van der Waals surface area (Å²) >= 11 is 12.3. The number of halogens is 2. The Morgan fingerprint density at radius 3 is 2.20 bits per heavy atom. The van der Waals surface area contributed by atoms with Gasteiger partial charge in [0.05, 0.1) is 32.6 Å². The van der Waals surface area contributed by atoms with Crippen LogP contribution in [0.15, 0.2) is 101 Å². The van der Waals surface area contributed by atoms with Crippen LogP contribution in [0.5, 0.6) is 0 Å². The Balaban J connectivity index is 1.43. The minimum atomic E-state index is -3.90. The van der Waals surface area contributed by atoms with Crippen LogP contribution in [0.4, 0.5) is 16.2 Å². The molecule has 1 heterocycles. The molecule has 1 atom stereocenters. The minimum absolute atomic E-state index is 0.0716. The van der Waals surface area contributed by atoms with Gasteiger partial charge in [0.25, 0.3) is 0 Å². The van der Waals surface area contributed by atoms with Crippen LogP contribution in [0.2, 0.25) is 10.0 Å². The lowest BCUT2D eigenvalue weighted by Gasteiger charge is -2.18. The van der Waals surface area contributed by atoms with Crippen LogP contribution in [0.3, 0.4) is 0 Å². The normalized spacial score (nSPS) is 11.8. The van der Waals surface area contributed by atoms with Crippen molar-refractivity contribution < 1.29 is 22.7 Å². The van der Waals surface area contributed by atoms with Crippen LogP contribution in [0, 0.1) is 0 Å². The van der Waals surface area contributed by atoms with Crippen molar-refractivity contribution in [2.45, 2.75) is 28.8 Å². The Kier molecular flexibility index (Phi) is 9.82. The summed E-state index contributed by atoms with van der Waals surface area (Å²) in [5.74, 6) is -0.658. The number of para-hydroxylation sites is 1. The number of anilines is 2. The molecule has 4 rings (SSSR count). The highest BCUT2D eigenvalue weighted by atomic mass is 35.5. The molecular formula is C29H26Cl2N4O5S. The Morgan fingerprint density at radius 1 is 0.902 bits per heavy atom. The first-order chi connectivity index (χ1) is 19.7. The van der Waals surface area contributed by atoms with Crippen molar-refractivity contribution in [3.8, 4) is 0 Å². The van der Waals surface area contributed by atoms with Crippen LogP contribution >= 0.6 is 23.2 Å². The van der Waals surface area contributed by atoms with E-state index in [4.69, 9.17) is 27.9 Å². The van der Waals surface area contributed by atoms with Gasteiger partial charge in [0.1, 0.15) is 6.04 Å². The van der Waals surface area contributed by atoms with Crippen molar-refractivity contribution in [1.29, 1.82) is 0 Å². The molecule has 0 aliphatic rings. The Morgan fingerprint density at radius 2 is 1.54 bits per heavy atom. The molecule has 0 fully saturated rings. The smallest absolute Gasteiger partial charge is 0.328 e. The molecule has 9 nitrogen and oxygen atoms in total. The van der Waals surface area contributed by atoms with E-state index in [2.05, 4.69) is 20.9 Å². The quantitative estimate of drug-likeness (QED) is 0.195. The van der Waals surface area contributed by atoms with Crippen LogP contribution in [-0.4, -0.2) is 38.6 Å². The number of benzene rings is 3. The first kappa shape index (κ1) is 29.9. The molecule has 3 N–H and O–H groups in total. The number of carbonyl (C=O) groups excluding carboxylic acids is 2. The van der Waals surface area contributed by atoms with Crippen molar-refractivity contribution >= 4 is 56.4 Å². The van der Waals surface area contributed by atoms with E-state index in [0.717, 1.165) is 11.3 Å². The van der Waals surface area contributed by atoms with Crippen LogP contribution < -0.4 is 16.0 Å². The number of nitrogens with zero attached hydrogens (tertiary/aromatic N) is 1. The molecule has 212 valence electrons. The van der Waals surface area contributed by atoms with Gasteiger partial charge in [-0.3, -0.25) is 4.98 Å². The molecule has 41 heavy (non-hydrogen) atoms. The van der Waals surface area contributed by atoms with E-state index >= 15 is 0 Å². The molecule has 0 aliphatic carbocycles. The van der Waals surface area contributed by atoms with E-state index in [1.165, 1.54) is 43.8 Å². The fourth-order valence-electron chi connectivity index (χ4n) is 3.97. The average Bonchev–Trinajstić information content (AvgIpc) is 2.97. The number of nitrogens with one attached hydrogen (secondary N) is 3. The first-order valence-corrected chi connectivity index (χ1v) is 14.6. The lowest BCUT2D eigenvalue weighted by Crippen LogP contribution is -2.45. The van der Waals surface area contributed by atoms with E-state index in [1.807, 2.05) is 12.1 Å². The molecular weight excluding hydrogens is 587 g/mol. The van der Waals surface area contributed by atoms with Gasteiger partial charge < -0.3 is 20.7 Å². The highest BCUT2D eigenvalue weighted by molar-refractivity contribution is 7.91. The lowest BCUT2D eigenvalue weighted by molar-refractivity contribution is -0.142.